The molecule has 0 fully saturated rings. The molecule has 0 aliphatic heterocycles. The van der Waals surface area contributed by atoms with Crippen molar-refractivity contribution < 1.29 is 0 Å². The van der Waals surface area contributed by atoms with Gasteiger partial charge in [-0.25, -0.2) is 0 Å². The minimum atomic E-state index is -0.608. The van der Waals surface area contributed by atoms with Gasteiger partial charge in [0.2, 0.25) is 23.9 Å². The Morgan fingerprint density at radius 1 is 0.667 bits per heavy atom. The number of hydrogen-bond acceptors (Lipinski definition) is 3. The normalized spacial score (nSPS) is 10.0. The van der Waals surface area contributed by atoms with Crippen LogP contribution < -0.4 is 17.1 Å². The fraction of sp³-hybridized carbons (Fsp3) is 0. The van der Waals surface area contributed by atoms with Crippen molar-refractivity contribution in [3.05, 3.63) is 31.5 Å². The van der Waals surface area contributed by atoms with E-state index in [4.69, 9.17) is 0 Å². The molecule has 0 unspecified atom stereocenters. The van der Waals surface area contributed by atoms with Crippen LogP contribution in [0.25, 0.3) is 0 Å². The van der Waals surface area contributed by atoms with Gasteiger partial charge in [0.05, 0.1) is 0 Å². The van der Waals surface area contributed by atoms with Gasteiger partial charge < -0.3 is 13.4 Å². The molecule has 0 N–H and O–H groups in total. The second-order valence-corrected chi connectivity index (χ2v) is 2.52. The lowest BCUT2D eigenvalue weighted by molar-refractivity contribution is 0.767. The van der Waals surface area contributed by atoms with E-state index >= 15 is 0 Å². The van der Waals surface area contributed by atoms with Crippen molar-refractivity contribution in [3.63, 3.8) is 0 Å². The zero-order chi connectivity index (χ0) is 9.46. The lowest BCUT2D eigenvalue weighted by Crippen LogP contribution is -2.53. The van der Waals surface area contributed by atoms with Crippen LogP contribution in [-0.4, -0.2) is 37.4 Å². The van der Waals surface area contributed by atoms with Crippen LogP contribution in [0.2, 0.25) is 0 Å². The average Bonchev–Trinajstić information content (AvgIpc) is 2.08. The second-order valence-electron chi connectivity index (χ2n) is 2.52. The quantitative estimate of drug-likeness (QED) is 0.359. The minimum absolute atomic E-state index is 0.608. The van der Waals surface area contributed by atoms with E-state index in [2.05, 4.69) is 0 Å². The fourth-order valence-corrected chi connectivity index (χ4v) is 0.920. The van der Waals surface area contributed by atoms with Crippen LogP contribution in [0.1, 0.15) is 0 Å². The van der Waals surface area contributed by atoms with Crippen LogP contribution in [0.4, 0.5) is 0 Å². The Balaban J connectivity index is 4.00. The van der Waals surface area contributed by atoms with E-state index in [0.717, 1.165) is 13.4 Å². The van der Waals surface area contributed by atoms with Gasteiger partial charge in [0.1, 0.15) is 0 Å². The summed E-state index contributed by atoms with van der Waals surface area (Å²) in [6, 6.07) is 0. The SMILES string of the molecule is Bn1c(=O)n(B)c(=O)n(B)c1=O. The van der Waals surface area contributed by atoms with Crippen LogP contribution >= 0.6 is 0 Å². The van der Waals surface area contributed by atoms with Crippen molar-refractivity contribution in [3.8, 4) is 0 Å². The first-order valence-corrected chi connectivity index (χ1v) is 3.30. The molecule has 0 bridgehead atoms. The van der Waals surface area contributed by atoms with Crippen molar-refractivity contribution in [2.75, 3.05) is 0 Å². The van der Waals surface area contributed by atoms with Crippen LogP contribution in [0.5, 0.6) is 0 Å². The predicted octanol–water partition coefficient (Wildman–Crippen LogP) is -5.64. The fourth-order valence-electron chi connectivity index (χ4n) is 0.920. The largest absolute Gasteiger partial charge is 0.310 e. The monoisotopic (exact) mass is 165 g/mol. The number of rotatable bonds is 0. The molecule has 6 nitrogen and oxygen atoms in total. The van der Waals surface area contributed by atoms with Gasteiger partial charge in [0, 0.05) is 0 Å². The van der Waals surface area contributed by atoms with Crippen LogP contribution in [0, 0.1) is 0 Å². The lowest BCUT2D eigenvalue weighted by atomic mass is 10.3. The molecule has 12 heavy (non-hydrogen) atoms. The van der Waals surface area contributed by atoms with Gasteiger partial charge in [0.15, 0.2) is 0 Å². The smallest absolute Gasteiger partial charge is 0.302 e. The summed E-state index contributed by atoms with van der Waals surface area (Å²) in [6.45, 7) is 0. The molecule has 0 spiro atoms. The third kappa shape index (κ3) is 0.974. The Kier molecular flexibility index (Phi) is 1.87. The maximum absolute atomic E-state index is 11.1. The molecule has 9 heteroatoms. The van der Waals surface area contributed by atoms with E-state index < -0.39 is 17.1 Å². The Labute approximate surface area is 69.7 Å². The van der Waals surface area contributed by atoms with Crippen molar-refractivity contribution in [2.45, 2.75) is 0 Å². The van der Waals surface area contributed by atoms with E-state index in [1.165, 1.54) is 23.9 Å². The molecule has 1 heterocycles. The molecule has 0 saturated carbocycles. The van der Waals surface area contributed by atoms with Gasteiger partial charge in [-0.2, -0.15) is 0 Å². The summed E-state index contributed by atoms with van der Waals surface area (Å²) >= 11 is 0. The molecule has 60 valence electrons. The van der Waals surface area contributed by atoms with Crippen LogP contribution in [-0.2, 0) is 0 Å². The summed E-state index contributed by atoms with van der Waals surface area (Å²) in [5.74, 6) is 0. The maximum Gasteiger partial charge on any atom is 0.310 e. The van der Waals surface area contributed by atoms with Gasteiger partial charge in [-0.1, -0.05) is 0 Å². The third-order valence-corrected chi connectivity index (χ3v) is 1.72. The summed E-state index contributed by atoms with van der Waals surface area (Å²) in [4.78, 5) is 33.2. The number of hydrogen-bond donors (Lipinski definition) is 0. The summed E-state index contributed by atoms with van der Waals surface area (Å²) in [5, 5.41) is 0. The van der Waals surface area contributed by atoms with Crippen molar-refractivity contribution in [2.24, 2.45) is 0 Å². The van der Waals surface area contributed by atoms with Crippen molar-refractivity contribution in [1.29, 1.82) is 0 Å². The first-order chi connectivity index (χ1) is 5.46. The Hall–Kier alpha value is -1.40. The van der Waals surface area contributed by atoms with Crippen LogP contribution in [0.15, 0.2) is 14.4 Å². The summed E-state index contributed by atoms with van der Waals surface area (Å²) < 4.78 is 2.63. The molecular weight excluding hydrogens is 158 g/mol. The first kappa shape index (κ1) is 8.70. The zero-order valence-electron chi connectivity index (χ0n) is 7.07. The Bertz CT molecular complexity index is 381. The summed E-state index contributed by atoms with van der Waals surface area (Å²) in [5.41, 5.74) is -1.82. The average molecular weight is 165 g/mol. The molecule has 0 aromatic carbocycles. The van der Waals surface area contributed by atoms with Gasteiger partial charge in [-0.05, 0) is 0 Å². The molecule has 0 saturated heterocycles. The van der Waals surface area contributed by atoms with Gasteiger partial charge in [-0.3, -0.25) is 14.4 Å². The zero-order valence-corrected chi connectivity index (χ0v) is 7.07. The molecule has 1 aromatic rings. The predicted molar refractivity (Wildman–Crippen MR) is 51.0 cm³/mol. The van der Waals surface area contributed by atoms with E-state index in [0.29, 0.717) is 0 Å². The number of nitrogens with zero attached hydrogens (tertiary/aromatic N) is 3. The standard InChI is InChI=1S/C3H6B3N3O3/c4-7-1(10)8(5)3(12)9(6)2(7)11/h4-6H2. The molecule has 0 aliphatic rings. The number of aromatic nitrogens is 3. The maximum atomic E-state index is 11.1. The van der Waals surface area contributed by atoms with E-state index in [9.17, 15) is 14.4 Å². The van der Waals surface area contributed by atoms with Crippen molar-refractivity contribution >= 4 is 23.9 Å². The topological polar surface area (TPSA) is 66.0 Å². The molecule has 0 atom stereocenters. The third-order valence-electron chi connectivity index (χ3n) is 1.72. The van der Waals surface area contributed by atoms with Gasteiger partial charge in [-0.15, -0.1) is 0 Å². The van der Waals surface area contributed by atoms with E-state index in [1.807, 2.05) is 0 Å². The highest BCUT2D eigenvalue weighted by Crippen LogP contribution is 1.55. The van der Waals surface area contributed by atoms with Crippen LogP contribution in [0.3, 0.4) is 0 Å². The lowest BCUT2D eigenvalue weighted by Gasteiger charge is -2.03. The molecule has 0 aliphatic carbocycles. The summed E-state index contributed by atoms with van der Waals surface area (Å²) in [7, 11) is 3.97. The molecule has 1 rings (SSSR count). The minimum Gasteiger partial charge on any atom is -0.302 e. The molecular formula is C3H6B3N3O3. The second kappa shape index (κ2) is 2.58. The highest BCUT2D eigenvalue weighted by Gasteiger charge is 2.04. The Morgan fingerprint density at radius 2 is 0.833 bits per heavy atom. The first-order valence-electron chi connectivity index (χ1n) is 3.30. The summed E-state index contributed by atoms with van der Waals surface area (Å²) in [6.07, 6.45) is 0. The molecule has 0 amide bonds. The van der Waals surface area contributed by atoms with Gasteiger partial charge >= 0.3 is 17.1 Å². The van der Waals surface area contributed by atoms with E-state index in [1.54, 1.807) is 0 Å². The van der Waals surface area contributed by atoms with Gasteiger partial charge in [0.25, 0.3) is 0 Å². The van der Waals surface area contributed by atoms with Crippen molar-refractivity contribution in [1.82, 2.24) is 13.4 Å². The van der Waals surface area contributed by atoms with E-state index in [-0.39, 0.29) is 0 Å². The molecule has 1 aromatic heterocycles. The highest BCUT2D eigenvalue weighted by atomic mass is 16.2. The highest BCUT2D eigenvalue weighted by molar-refractivity contribution is 6.10. The Morgan fingerprint density at radius 3 is 1.00 bits per heavy atom. The molecule has 0 radical (unpaired) electrons.